The molecule has 1 atom stereocenters. The van der Waals surface area contributed by atoms with Crippen LogP contribution in [0.2, 0.25) is 0 Å². The molecule has 4 rings (SSSR count). The molecule has 2 aromatic carbocycles. The maximum atomic E-state index is 12.2. The van der Waals surface area contributed by atoms with Gasteiger partial charge in [-0.25, -0.2) is 9.89 Å². The van der Waals surface area contributed by atoms with Crippen molar-refractivity contribution in [2.75, 3.05) is 14.2 Å². The molecule has 0 fully saturated rings. The molecule has 9 nitrogen and oxygen atoms in total. The highest BCUT2D eigenvalue weighted by Crippen LogP contribution is 2.46. The van der Waals surface area contributed by atoms with E-state index in [0.717, 1.165) is 35.1 Å². The summed E-state index contributed by atoms with van der Waals surface area (Å²) >= 11 is 0. The SMILES string of the molecule is CONCc1ccc2c(c1)CCc1cc(CNOC)ccc1C2(C[C@@H](C)N)c1n[nH]c(=O)[nH]1. The first kappa shape index (κ1) is 23.3. The van der Waals surface area contributed by atoms with Crippen molar-refractivity contribution in [2.24, 2.45) is 5.73 Å². The van der Waals surface area contributed by atoms with E-state index in [1.165, 1.54) is 11.1 Å². The number of hydroxylamine groups is 2. The number of hydrogen-bond acceptors (Lipinski definition) is 7. The van der Waals surface area contributed by atoms with Crippen LogP contribution in [0, 0.1) is 0 Å². The second kappa shape index (κ2) is 9.98. The molecule has 0 spiro atoms. The molecular weight excluding hydrogens is 420 g/mol. The number of nitrogens with two attached hydrogens (primary N) is 1. The van der Waals surface area contributed by atoms with Crippen LogP contribution >= 0.6 is 0 Å². The van der Waals surface area contributed by atoms with Gasteiger partial charge in [-0.1, -0.05) is 36.4 Å². The van der Waals surface area contributed by atoms with Crippen molar-refractivity contribution in [1.29, 1.82) is 0 Å². The number of aromatic amines is 2. The zero-order valence-corrected chi connectivity index (χ0v) is 19.3. The van der Waals surface area contributed by atoms with Crippen LogP contribution in [0.25, 0.3) is 0 Å². The molecule has 176 valence electrons. The van der Waals surface area contributed by atoms with E-state index in [1.807, 2.05) is 6.92 Å². The standard InChI is InChI=1S/C24H32N6O3/c1-15(25)12-24(22-28-23(31)30-29-22)20-8-4-16(13-26-32-2)10-18(20)6-7-19-11-17(14-27-33-3)5-9-21(19)24/h4-5,8-11,15,26-27H,6-7,12-14,25H2,1-3H3,(H2,28,29,30,31)/t15-/m1/s1. The summed E-state index contributed by atoms with van der Waals surface area (Å²) in [6.07, 6.45) is 2.32. The number of fused-ring (bicyclic) bond motifs is 2. The molecular formula is C24H32N6O3. The minimum absolute atomic E-state index is 0.131. The summed E-state index contributed by atoms with van der Waals surface area (Å²) in [5.41, 5.74) is 18.1. The topological polar surface area (TPSA) is 130 Å². The van der Waals surface area contributed by atoms with Crippen molar-refractivity contribution in [1.82, 2.24) is 26.1 Å². The third-order valence-electron chi connectivity index (χ3n) is 6.30. The predicted molar refractivity (Wildman–Crippen MR) is 125 cm³/mol. The molecule has 0 saturated carbocycles. The molecule has 0 saturated heterocycles. The molecule has 1 heterocycles. The summed E-state index contributed by atoms with van der Waals surface area (Å²) in [5.74, 6) is 0.583. The van der Waals surface area contributed by atoms with E-state index < -0.39 is 5.41 Å². The van der Waals surface area contributed by atoms with Crippen molar-refractivity contribution in [2.45, 2.75) is 50.7 Å². The largest absolute Gasteiger partial charge is 0.340 e. The van der Waals surface area contributed by atoms with Gasteiger partial charge in [0, 0.05) is 19.1 Å². The minimum Gasteiger partial charge on any atom is -0.328 e. The normalized spacial score (nSPS) is 15.5. The Morgan fingerprint density at radius 1 is 1.03 bits per heavy atom. The lowest BCUT2D eigenvalue weighted by Crippen LogP contribution is -2.38. The Labute approximate surface area is 193 Å². The maximum Gasteiger partial charge on any atom is 0.340 e. The number of aromatic nitrogens is 3. The highest BCUT2D eigenvalue weighted by atomic mass is 16.6. The van der Waals surface area contributed by atoms with E-state index in [2.05, 4.69) is 62.5 Å². The van der Waals surface area contributed by atoms with Gasteiger partial charge in [0.1, 0.15) is 5.82 Å². The summed E-state index contributed by atoms with van der Waals surface area (Å²) in [4.78, 5) is 25.2. The van der Waals surface area contributed by atoms with E-state index in [0.29, 0.717) is 25.3 Å². The fourth-order valence-electron chi connectivity index (χ4n) is 5.01. The lowest BCUT2D eigenvalue weighted by Gasteiger charge is -2.36. The van der Waals surface area contributed by atoms with Crippen LogP contribution in [-0.4, -0.2) is 35.4 Å². The smallest absolute Gasteiger partial charge is 0.328 e. The fraction of sp³-hybridized carbons (Fsp3) is 0.417. The predicted octanol–water partition coefficient (Wildman–Crippen LogP) is 1.57. The first-order valence-electron chi connectivity index (χ1n) is 11.1. The minimum atomic E-state index is -0.686. The van der Waals surface area contributed by atoms with Crippen LogP contribution in [0.4, 0.5) is 0 Å². The van der Waals surface area contributed by atoms with Gasteiger partial charge in [0.2, 0.25) is 0 Å². The van der Waals surface area contributed by atoms with Gasteiger partial charge in [0.15, 0.2) is 0 Å². The number of nitrogens with zero attached hydrogens (tertiary/aromatic N) is 1. The highest BCUT2D eigenvalue weighted by molar-refractivity contribution is 5.56. The van der Waals surface area contributed by atoms with Gasteiger partial charge in [-0.05, 0) is 59.6 Å². The zero-order valence-electron chi connectivity index (χ0n) is 19.3. The van der Waals surface area contributed by atoms with E-state index in [4.69, 9.17) is 15.4 Å². The monoisotopic (exact) mass is 452 g/mol. The lowest BCUT2D eigenvalue weighted by atomic mass is 9.68. The number of nitrogens with one attached hydrogen (secondary N) is 4. The Balaban J connectivity index is 1.95. The van der Waals surface area contributed by atoms with Gasteiger partial charge in [0.25, 0.3) is 0 Å². The average Bonchev–Trinajstić information content (AvgIpc) is 3.20. The van der Waals surface area contributed by atoms with E-state index >= 15 is 0 Å². The summed E-state index contributed by atoms with van der Waals surface area (Å²) in [7, 11) is 3.22. The number of benzene rings is 2. The molecule has 1 aliphatic carbocycles. The van der Waals surface area contributed by atoms with Crippen LogP contribution in [-0.2, 0) is 41.0 Å². The first-order chi connectivity index (χ1) is 16.0. The van der Waals surface area contributed by atoms with Gasteiger partial charge < -0.3 is 15.4 Å². The molecule has 0 radical (unpaired) electrons. The lowest BCUT2D eigenvalue weighted by molar-refractivity contribution is 0.0866. The maximum absolute atomic E-state index is 12.2. The second-order valence-electron chi connectivity index (χ2n) is 8.65. The Kier molecular flexibility index (Phi) is 7.06. The fourth-order valence-corrected chi connectivity index (χ4v) is 5.01. The number of aryl methyl sites for hydroxylation is 2. The third-order valence-corrected chi connectivity index (χ3v) is 6.30. The summed E-state index contributed by atoms with van der Waals surface area (Å²) in [5, 5.41) is 7.00. The molecule has 1 aliphatic rings. The molecule has 33 heavy (non-hydrogen) atoms. The zero-order chi connectivity index (χ0) is 23.4. The number of H-pyrrole nitrogens is 2. The Bertz CT molecular complexity index is 1090. The molecule has 0 amide bonds. The van der Waals surface area contributed by atoms with Gasteiger partial charge in [-0.3, -0.25) is 4.98 Å². The highest BCUT2D eigenvalue weighted by Gasteiger charge is 2.44. The van der Waals surface area contributed by atoms with Crippen LogP contribution in [0.1, 0.15) is 52.5 Å². The molecule has 0 unspecified atom stereocenters. The van der Waals surface area contributed by atoms with Gasteiger partial charge in [-0.2, -0.15) is 16.1 Å². The van der Waals surface area contributed by atoms with Crippen LogP contribution in [0.5, 0.6) is 0 Å². The quantitative estimate of drug-likeness (QED) is 0.312. The molecule has 1 aromatic heterocycles. The van der Waals surface area contributed by atoms with Gasteiger partial charge in [-0.15, -0.1) is 0 Å². The van der Waals surface area contributed by atoms with E-state index in [1.54, 1.807) is 14.2 Å². The van der Waals surface area contributed by atoms with Crippen molar-refractivity contribution in [3.05, 3.63) is 86.1 Å². The number of hydrogen-bond donors (Lipinski definition) is 5. The first-order valence-corrected chi connectivity index (χ1v) is 11.1. The summed E-state index contributed by atoms with van der Waals surface area (Å²) in [6.45, 7) is 3.19. The third kappa shape index (κ3) is 4.64. The van der Waals surface area contributed by atoms with Gasteiger partial charge >= 0.3 is 5.69 Å². The van der Waals surface area contributed by atoms with Crippen LogP contribution in [0.3, 0.4) is 0 Å². The Hall–Kier alpha value is -2.82. The molecule has 0 aliphatic heterocycles. The molecule has 3 aromatic rings. The van der Waals surface area contributed by atoms with E-state index in [9.17, 15) is 4.79 Å². The molecule has 6 N–H and O–H groups in total. The van der Waals surface area contributed by atoms with E-state index in [-0.39, 0.29) is 11.7 Å². The second-order valence-corrected chi connectivity index (χ2v) is 8.65. The van der Waals surface area contributed by atoms with Gasteiger partial charge in [0.05, 0.1) is 19.6 Å². The Morgan fingerprint density at radius 3 is 2.00 bits per heavy atom. The summed E-state index contributed by atoms with van der Waals surface area (Å²) in [6, 6.07) is 12.8. The number of rotatable bonds is 9. The van der Waals surface area contributed by atoms with Crippen LogP contribution in [0.15, 0.2) is 41.2 Å². The Morgan fingerprint density at radius 2 is 1.58 bits per heavy atom. The van der Waals surface area contributed by atoms with Crippen molar-refractivity contribution < 1.29 is 9.68 Å². The molecule has 9 heteroatoms. The van der Waals surface area contributed by atoms with Crippen LogP contribution < -0.4 is 22.4 Å². The average molecular weight is 453 g/mol. The van der Waals surface area contributed by atoms with Crippen molar-refractivity contribution in [3.63, 3.8) is 0 Å². The summed E-state index contributed by atoms with van der Waals surface area (Å²) < 4.78 is 0. The molecule has 0 bridgehead atoms. The van der Waals surface area contributed by atoms with Crippen molar-refractivity contribution >= 4 is 0 Å². The van der Waals surface area contributed by atoms with Crippen molar-refractivity contribution in [3.8, 4) is 0 Å².